The topological polar surface area (TPSA) is 80.4 Å². The van der Waals surface area contributed by atoms with E-state index in [4.69, 9.17) is 9.47 Å². The molecule has 1 heterocycles. The molecule has 0 radical (unpaired) electrons. The number of rotatable bonds is 6. The van der Waals surface area contributed by atoms with E-state index in [1.165, 1.54) is 0 Å². The predicted molar refractivity (Wildman–Crippen MR) is 84.0 cm³/mol. The highest BCUT2D eigenvalue weighted by Crippen LogP contribution is 2.27. The molecule has 1 amide bonds. The molecule has 1 aliphatic carbocycles. The number of aryl methyl sites for hydroxylation is 1. The summed E-state index contributed by atoms with van der Waals surface area (Å²) in [5.41, 5.74) is 0.829. The molecular formula is C16H24N2O4. The van der Waals surface area contributed by atoms with Crippen LogP contribution in [-0.4, -0.2) is 37.3 Å². The van der Waals surface area contributed by atoms with Gasteiger partial charge in [-0.1, -0.05) is 0 Å². The first-order valence-corrected chi connectivity index (χ1v) is 7.71. The second-order valence-electron chi connectivity index (χ2n) is 5.71. The van der Waals surface area contributed by atoms with Crippen molar-refractivity contribution >= 4 is 11.6 Å². The van der Waals surface area contributed by atoms with Crippen LogP contribution < -0.4 is 10.9 Å². The van der Waals surface area contributed by atoms with Crippen molar-refractivity contribution in [2.24, 2.45) is 5.92 Å². The average Bonchev–Trinajstić information content (AvgIpc) is 2.51. The number of hydrogen-bond donors (Lipinski definition) is 2. The standard InChI is InChI=1S/C16H24N2O4/c1-11-3-8-14(16(20)17-11)18-15(19)12-4-6-13(7-5-12)22-10-9-21-2/h3,8,12-13H,4-7,9-10H2,1-2H3,(H,17,20)(H,18,19). The Labute approximate surface area is 130 Å². The van der Waals surface area contributed by atoms with Crippen LogP contribution in [0.25, 0.3) is 0 Å². The minimum absolute atomic E-state index is 0.0528. The Bertz CT molecular complexity index is 547. The number of amides is 1. The van der Waals surface area contributed by atoms with Crippen molar-refractivity contribution in [1.29, 1.82) is 0 Å². The van der Waals surface area contributed by atoms with Crippen LogP contribution in [0.4, 0.5) is 5.69 Å². The van der Waals surface area contributed by atoms with Gasteiger partial charge in [-0.25, -0.2) is 0 Å². The fourth-order valence-electron chi connectivity index (χ4n) is 2.70. The number of aromatic nitrogens is 1. The Morgan fingerprint density at radius 2 is 2.00 bits per heavy atom. The zero-order chi connectivity index (χ0) is 15.9. The van der Waals surface area contributed by atoms with Crippen molar-refractivity contribution in [2.45, 2.75) is 38.7 Å². The lowest BCUT2D eigenvalue weighted by Gasteiger charge is -2.27. The van der Waals surface area contributed by atoms with Crippen molar-refractivity contribution in [2.75, 3.05) is 25.6 Å². The fourth-order valence-corrected chi connectivity index (χ4v) is 2.70. The molecular weight excluding hydrogens is 284 g/mol. The van der Waals surface area contributed by atoms with Gasteiger partial charge in [0.2, 0.25) is 5.91 Å². The number of aromatic amines is 1. The van der Waals surface area contributed by atoms with Crippen LogP contribution in [0, 0.1) is 12.8 Å². The lowest BCUT2D eigenvalue weighted by Crippen LogP contribution is -2.31. The van der Waals surface area contributed by atoms with Crippen LogP contribution in [0.3, 0.4) is 0 Å². The Hall–Kier alpha value is -1.66. The quantitative estimate of drug-likeness (QED) is 0.786. The summed E-state index contributed by atoms with van der Waals surface area (Å²) in [5, 5.41) is 2.73. The molecule has 0 spiro atoms. The van der Waals surface area contributed by atoms with Crippen molar-refractivity contribution < 1.29 is 14.3 Å². The van der Waals surface area contributed by atoms with E-state index < -0.39 is 0 Å². The van der Waals surface area contributed by atoms with Gasteiger partial charge >= 0.3 is 0 Å². The molecule has 1 saturated carbocycles. The minimum atomic E-state index is -0.259. The maximum absolute atomic E-state index is 12.2. The zero-order valence-electron chi connectivity index (χ0n) is 13.2. The zero-order valence-corrected chi connectivity index (χ0v) is 13.2. The number of ether oxygens (including phenoxy) is 2. The van der Waals surface area contributed by atoms with Gasteiger partial charge in [-0.3, -0.25) is 9.59 Å². The van der Waals surface area contributed by atoms with Crippen LogP contribution in [0.5, 0.6) is 0 Å². The lowest BCUT2D eigenvalue weighted by atomic mass is 9.86. The van der Waals surface area contributed by atoms with Crippen LogP contribution in [0.1, 0.15) is 31.4 Å². The summed E-state index contributed by atoms with van der Waals surface area (Å²) in [6, 6.07) is 3.42. The second-order valence-corrected chi connectivity index (χ2v) is 5.71. The van der Waals surface area contributed by atoms with Crippen molar-refractivity contribution in [3.05, 3.63) is 28.2 Å². The highest BCUT2D eigenvalue weighted by Gasteiger charge is 2.27. The number of hydrogen-bond acceptors (Lipinski definition) is 4. The number of carbonyl (C=O) groups is 1. The molecule has 0 saturated heterocycles. The SMILES string of the molecule is COCCOC1CCC(C(=O)Nc2ccc(C)[nH]c2=O)CC1. The van der Waals surface area contributed by atoms with Crippen LogP contribution in [-0.2, 0) is 14.3 Å². The highest BCUT2D eigenvalue weighted by atomic mass is 16.5. The summed E-state index contributed by atoms with van der Waals surface area (Å²) in [7, 11) is 1.65. The number of carbonyl (C=O) groups excluding carboxylic acids is 1. The average molecular weight is 308 g/mol. The van der Waals surface area contributed by atoms with Gasteiger partial charge < -0.3 is 19.8 Å². The van der Waals surface area contributed by atoms with Gasteiger partial charge in [0.15, 0.2) is 0 Å². The maximum atomic E-state index is 12.2. The summed E-state index contributed by atoms with van der Waals surface area (Å²) >= 11 is 0. The number of anilines is 1. The van der Waals surface area contributed by atoms with Crippen molar-refractivity contribution in [3.8, 4) is 0 Å². The fraction of sp³-hybridized carbons (Fsp3) is 0.625. The van der Waals surface area contributed by atoms with Gasteiger partial charge in [-0.2, -0.15) is 0 Å². The van der Waals surface area contributed by atoms with E-state index in [9.17, 15) is 9.59 Å². The minimum Gasteiger partial charge on any atom is -0.382 e. The first kappa shape index (κ1) is 16.7. The number of pyridine rings is 1. The predicted octanol–water partition coefficient (Wildman–Crippen LogP) is 1.84. The molecule has 0 aliphatic heterocycles. The third-order valence-electron chi connectivity index (χ3n) is 4.00. The van der Waals surface area contributed by atoms with E-state index in [1.54, 1.807) is 26.2 Å². The first-order chi connectivity index (χ1) is 10.6. The second kappa shape index (κ2) is 8.10. The van der Waals surface area contributed by atoms with Gasteiger partial charge in [-0.15, -0.1) is 0 Å². The molecule has 1 fully saturated rings. The maximum Gasteiger partial charge on any atom is 0.271 e. The molecule has 2 rings (SSSR count). The van der Waals surface area contributed by atoms with E-state index in [2.05, 4.69) is 10.3 Å². The smallest absolute Gasteiger partial charge is 0.271 e. The molecule has 0 atom stereocenters. The Morgan fingerprint density at radius 3 is 2.64 bits per heavy atom. The largest absolute Gasteiger partial charge is 0.382 e. The normalized spacial score (nSPS) is 21.5. The molecule has 2 N–H and O–H groups in total. The molecule has 1 aliphatic rings. The summed E-state index contributed by atoms with van der Waals surface area (Å²) in [6.45, 7) is 2.99. The highest BCUT2D eigenvalue weighted by molar-refractivity contribution is 5.92. The van der Waals surface area contributed by atoms with Gasteiger partial charge in [0.05, 0.1) is 19.3 Å². The van der Waals surface area contributed by atoms with Crippen LogP contribution >= 0.6 is 0 Å². The molecule has 6 heteroatoms. The van der Waals surface area contributed by atoms with E-state index in [1.807, 2.05) is 0 Å². The monoisotopic (exact) mass is 308 g/mol. The van der Waals surface area contributed by atoms with E-state index in [0.29, 0.717) is 18.9 Å². The summed E-state index contributed by atoms with van der Waals surface area (Å²) in [5.74, 6) is -0.132. The van der Waals surface area contributed by atoms with Crippen LogP contribution in [0.2, 0.25) is 0 Å². The summed E-state index contributed by atoms with van der Waals surface area (Å²) in [4.78, 5) is 26.7. The van der Waals surface area contributed by atoms with E-state index in [-0.39, 0.29) is 23.5 Å². The van der Waals surface area contributed by atoms with Gasteiger partial charge in [-0.05, 0) is 44.7 Å². The van der Waals surface area contributed by atoms with Gasteiger partial charge in [0.25, 0.3) is 5.56 Å². The molecule has 0 bridgehead atoms. The van der Waals surface area contributed by atoms with Gasteiger partial charge in [0, 0.05) is 18.7 Å². The third-order valence-corrected chi connectivity index (χ3v) is 4.00. The number of methoxy groups -OCH3 is 1. The molecule has 0 aromatic carbocycles. The molecule has 1 aromatic rings. The molecule has 0 unspecified atom stereocenters. The van der Waals surface area contributed by atoms with Crippen molar-refractivity contribution in [1.82, 2.24) is 4.98 Å². The molecule has 6 nitrogen and oxygen atoms in total. The van der Waals surface area contributed by atoms with Crippen LogP contribution in [0.15, 0.2) is 16.9 Å². The Kier molecular flexibility index (Phi) is 6.15. The number of H-pyrrole nitrogens is 1. The summed E-state index contributed by atoms with van der Waals surface area (Å²) < 4.78 is 10.6. The third kappa shape index (κ3) is 4.68. The van der Waals surface area contributed by atoms with Gasteiger partial charge in [0.1, 0.15) is 5.69 Å². The van der Waals surface area contributed by atoms with E-state index >= 15 is 0 Å². The number of nitrogens with one attached hydrogen (secondary N) is 2. The van der Waals surface area contributed by atoms with E-state index in [0.717, 1.165) is 31.4 Å². The lowest BCUT2D eigenvalue weighted by molar-refractivity contribution is -0.121. The Morgan fingerprint density at radius 1 is 1.27 bits per heavy atom. The Balaban J connectivity index is 1.81. The first-order valence-electron chi connectivity index (χ1n) is 7.71. The summed E-state index contributed by atoms with van der Waals surface area (Å²) in [6.07, 6.45) is 3.51. The molecule has 22 heavy (non-hydrogen) atoms. The van der Waals surface area contributed by atoms with Crippen molar-refractivity contribution in [3.63, 3.8) is 0 Å². The molecule has 1 aromatic heterocycles. The molecule has 122 valence electrons.